The number of halogens is 1. The highest BCUT2D eigenvalue weighted by Gasteiger charge is 2.37. The van der Waals surface area contributed by atoms with E-state index in [2.05, 4.69) is 4.98 Å². The van der Waals surface area contributed by atoms with Crippen molar-refractivity contribution < 1.29 is 28.2 Å². The summed E-state index contributed by atoms with van der Waals surface area (Å²) in [6, 6.07) is 2.70. The van der Waals surface area contributed by atoms with Gasteiger partial charge >= 0.3 is 11.6 Å². The lowest BCUT2D eigenvalue weighted by molar-refractivity contribution is -0.402. The van der Waals surface area contributed by atoms with Crippen molar-refractivity contribution in [3.8, 4) is 0 Å². The van der Waals surface area contributed by atoms with Crippen LogP contribution in [0.3, 0.4) is 0 Å². The fourth-order valence-corrected chi connectivity index (χ4v) is 4.86. The molecule has 1 aliphatic heterocycles. The summed E-state index contributed by atoms with van der Waals surface area (Å²) < 4.78 is 25.9. The number of H-pyrrole nitrogens is 1. The summed E-state index contributed by atoms with van der Waals surface area (Å²) in [6.07, 6.45) is 0.721. The molecule has 0 aromatic carbocycles. The zero-order valence-corrected chi connectivity index (χ0v) is 20.9. The van der Waals surface area contributed by atoms with Gasteiger partial charge < -0.3 is 23.3 Å². The summed E-state index contributed by atoms with van der Waals surface area (Å²) in [5, 5.41) is 21.3. The fraction of sp³-hybridized carbons (Fsp3) is 0.600. The highest BCUT2D eigenvalue weighted by Crippen LogP contribution is 2.44. The Bertz CT molecular complexity index is 1110. The normalized spacial score (nSPS) is 21.0. The number of unbranched alkanes of at least 4 members (excludes halogenated alkanes) is 1. The second-order valence-electron chi connectivity index (χ2n) is 7.99. The predicted molar refractivity (Wildman–Crippen MR) is 126 cm³/mol. The van der Waals surface area contributed by atoms with Gasteiger partial charge in [-0.2, -0.15) is 0 Å². The van der Waals surface area contributed by atoms with Crippen LogP contribution in [0.5, 0.6) is 0 Å². The van der Waals surface area contributed by atoms with Crippen molar-refractivity contribution in [1.82, 2.24) is 14.2 Å². The molecule has 0 amide bonds. The van der Waals surface area contributed by atoms with Gasteiger partial charge in [-0.15, -0.1) is 11.6 Å². The Morgan fingerprint density at radius 1 is 1.37 bits per heavy atom. The molecular weight excluding hydrogens is 507 g/mol. The van der Waals surface area contributed by atoms with Gasteiger partial charge in [-0.25, -0.2) is 9.46 Å². The Balaban J connectivity index is 1.62. The van der Waals surface area contributed by atoms with Crippen LogP contribution in [0.15, 0.2) is 32.3 Å². The standard InChI is InChI=1S/C20H28ClN4O9P/c1-13-10-24(20(28)22-19(13)27)18-9-15(26)16(34-18)12-32-35(23(2)8-4-3-7-21)31-11-14-5-6-17(33-14)25(29)30/h5-6,10,15-16,18,26H,3-4,7-9,11-12H2,1-2H3,(H,22,27,28)/t15-,16+,18+,35?/m0/s1. The number of nitrogens with zero attached hydrogens (tertiary/aromatic N) is 3. The summed E-state index contributed by atoms with van der Waals surface area (Å²) in [7, 11) is 0.173. The SMILES string of the molecule is Cc1cn([C@H]2C[C@H](O)[C@@H](COP(OCc3ccc([N+](=O)[O-])o3)N(C)CCCCCl)O2)c(=O)[nH]c1=O. The van der Waals surface area contributed by atoms with Crippen LogP contribution in [-0.2, 0) is 20.4 Å². The van der Waals surface area contributed by atoms with Crippen molar-refractivity contribution in [3.05, 3.63) is 60.6 Å². The predicted octanol–water partition coefficient (Wildman–Crippen LogP) is 2.41. The molecule has 3 heterocycles. The van der Waals surface area contributed by atoms with Crippen LogP contribution in [0.1, 0.15) is 36.8 Å². The van der Waals surface area contributed by atoms with Gasteiger partial charge in [0.15, 0.2) is 0 Å². The van der Waals surface area contributed by atoms with E-state index in [1.165, 1.54) is 22.9 Å². The van der Waals surface area contributed by atoms with Gasteiger partial charge in [0.25, 0.3) is 14.1 Å². The lowest BCUT2D eigenvalue weighted by Crippen LogP contribution is -2.33. The number of nitrogens with one attached hydrogen (secondary N) is 1. The summed E-state index contributed by atoms with van der Waals surface area (Å²) in [6.45, 7) is 2.11. The van der Waals surface area contributed by atoms with Gasteiger partial charge in [-0.05, 0) is 32.9 Å². The maximum absolute atomic E-state index is 12.2. The average Bonchev–Trinajstić information content (AvgIpc) is 3.43. The molecule has 2 N–H and O–H groups in total. The smallest absolute Gasteiger partial charge is 0.403 e. The monoisotopic (exact) mass is 534 g/mol. The van der Waals surface area contributed by atoms with Crippen LogP contribution in [0.25, 0.3) is 0 Å². The van der Waals surface area contributed by atoms with Gasteiger partial charge in [-0.3, -0.25) is 24.5 Å². The van der Waals surface area contributed by atoms with Gasteiger partial charge in [0, 0.05) is 30.6 Å². The molecule has 35 heavy (non-hydrogen) atoms. The third kappa shape index (κ3) is 7.43. The number of furan rings is 1. The number of ether oxygens (including phenoxy) is 1. The van der Waals surface area contributed by atoms with Crippen LogP contribution >= 0.6 is 20.1 Å². The Labute approximate surface area is 206 Å². The summed E-state index contributed by atoms with van der Waals surface area (Å²) in [5.41, 5.74) is -0.765. The van der Waals surface area contributed by atoms with Crippen LogP contribution in [-0.4, -0.2) is 62.5 Å². The van der Waals surface area contributed by atoms with Crippen molar-refractivity contribution in [2.24, 2.45) is 0 Å². The van der Waals surface area contributed by atoms with Gasteiger partial charge in [0.05, 0.1) is 18.8 Å². The molecule has 0 radical (unpaired) electrons. The summed E-state index contributed by atoms with van der Waals surface area (Å²) >= 11 is 5.76. The van der Waals surface area contributed by atoms with Crippen molar-refractivity contribution >= 4 is 26.0 Å². The van der Waals surface area contributed by atoms with E-state index >= 15 is 0 Å². The van der Waals surface area contributed by atoms with E-state index in [0.717, 1.165) is 12.8 Å². The quantitative estimate of drug-likeness (QED) is 0.128. The third-order valence-electron chi connectivity index (χ3n) is 5.30. The maximum atomic E-state index is 12.2. The lowest BCUT2D eigenvalue weighted by Gasteiger charge is -2.27. The molecule has 1 aliphatic rings. The highest BCUT2D eigenvalue weighted by molar-refractivity contribution is 7.44. The first-order valence-electron chi connectivity index (χ1n) is 10.9. The Morgan fingerprint density at radius 2 is 2.14 bits per heavy atom. The van der Waals surface area contributed by atoms with Crippen molar-refractivity contribution in [2.45, 2.75) is 51.2 Å². The number of nitro groups is 1. The molecule has 2 aromatic heterocycles. The van der Waals surface area contributed by atoms with Crippen molar-refractivity contribution in [1.29, 1.82) is 0 Å². The molecule has 1 unspecified atom stereocenters. The first-order valence-corrected chi connectivity index (χ1v) is 12.6. The minimum absolute atomic E-state index is 0.0292. The minimum Gasteiger partial charge on any atom is -0.403 e. The van der Waals surface area contributed by atoms with Gasteiger partial charge in [0.2, 0.25) is 0 Å². The molecule has 0 aliphatic carbocycles. The van der Waals surface area contributed by atoms with Gasteiger partial charge in [0.1, 0.15) is 29.6 Å². The molecular formula is C20H28ClN4O9P. The molecule has 13 nitrogen and oxygen atoms in total. The first kappa shape index (κ1) is 27.5. The van der Waals surface area contributed by atoms with E-state index in [4.69, 9.17) is 29.8 Å². The van der Waals surface area contributed by atoms with E-state index < -0.39 is 43.1 Å². The lowest BCUT2D eigenvalue weighted by atomic mass is 10.2. The third-order valence-corrected chi connectivity index (χ3v) is 7.04. The molecule has 1 saturated heterocycles. The molecule has 1 fully saturated rings. The van der Waals surface area contributed by atoms with Crippen LogP contribution in [0, 0.1) is 17.0 Å². The number of alkyl halides is 1. The Hall–Kier alpha value is -2.12. The summed E-state index contributed by atoms with van der Waals surface area (Å²) in [5.74, 6) is 0.411. The van der Waals surface area contributed by atoms with Crippen LogP contribution in [0.4, 0.5) is 5.88 Å². The van der Waals surface area contributed by atoms with E-state index in [1.54, 1.807) is 6.92 Å². The second kappa shape index (κ2) is 12.7. The van der Waals surface area contributed by atoms with Gasteiger partial charge in [-0.1, -0.05) is 0 Å². The number of aromatic amines is 1. The van der Waals surface area contributed by atoms with Crippen LogP contribution < -0.4 is 11.2 Å². The molecule has 4 atom stereocenters. The fourth-order valence-electron chi connectivity index (χ4n) is 3.39. The molecule has 0 saturated carbocycles. The minimum atomic E-state index is -1.63. The number of aliphatic hydroxyl groups is 1. The molecule has 0 bridgehead atoms. The van der Waals surface area contributed by atoms with E-state index in [0.29, 0.717) is 18.0 Å². The number of aryl methyl sites for hydroxylation is 1. The average molecular weight is 535 g/mol. The van der Waals surface area contributed by atoms with Crippen molar-refractivity contribution in [3.63, 3.8) is 0 Å². The summed E-state index contributed by atoms with van der Waals surface area (Å²) in [4.78, 5) is 36.2. The first-order chi connectivity index (χ1) is 16.7. The molecule has 2 aromatic rings. The number of rotatable bonds is 13. The zero-order chi connectivity index (χ0) is 25.5. The molecule has 0 spiro atoms. The number of hydrogen-bond acceptors (Lipinski definition) is 10. The number of hydrogen-bond donors (Lipinski definition) is 2. The van der Waals surface area contributed by atoms with Crippen LogP contribution in [0.2, 0.25) is 0 Å². The van der Waals surface area contributed by atoms with E-state index in [-0.39, 0.29) is 31.3 Å². The van der Waals surface area contributed by atoms with E-state index in [1.807, 2.05) is 11.7 Å². The second-order valence-corrected chi connectivity index (χ2v) is 10.0. The largest absolute Gasteiger partial charge is 0.433 e. The highest BCUT2D eigenvalue weighted by atomic mass is 35.5. The Morgan fingerprint density at radius 3 is 2.83 bits per heavy atom. The number of aromatic nitrogens is 2. The topological polar surface area (TPSA) is 162 Å². The van der Waals surface area contributed by atoms with E-state index in [9.17, 15) is 24.8 Å². The zero-order valence-electron chi connectivity index (χ0n) is 19.3. The molecule has 194 valence electrons. The molecule has 3 rings (SSSR count). The maximum Gasteiger partial charge on any atom is 0.433 e. The Kier molecular flexibility index (Phi) is 9.99. The number of aliphatic hydroxyl groups excluding tert-OH is 1. The molecule has 15 heteroatoms. The van der Waals surface area contributed by atoms with Crippen molar-refractivity contribution in [2.75, 3.05) is 26.1 Å².